The van der Waals surface area contributed by atoms with Crippen molar-refractivity contribution in [2.75, 3.05) is 26.2 Å². The van der Waals surface area contributed by atoms with E-state index in [4.69, 9.17) is 18.0 Å². The van der Waals surface area contributed by atoms with E-state index in [1.54, 1.807) is 6.92 Å². The third-order valence-corrected chi connectivity index (χ3v) is 3.63. The van der Waals surface area contributed by atoms with Gasteiger partial charge in [-0.1, -0.05) is 19.1 Å². The van der Waals surface area contributed by atoms with Crippen molar-refractivity contribution >= 4 is 23.1 Å². The highest BCUT2D eigenvalue weighted by Crippen LogP contribution is 2.12. The van der Waals surface area contributed by atoms with E-state index in [0.29, 0.717) is 6.04 Å². The molecule has 0 radical (unpaired) electrons. The molecule has 1 saturated heterocycles. The van der Waals surface area contributed by atoms with Crippen molar-refractivity contribution in [2.45, 2.75) is 26.8 Å². The van der Waals surface area contributed by atoms with Crippen molar-refractivity contribution in [2.24, 2.45) is 11.7 Å². The van der Waals surface area contributed by atoms with Gasteiger partial charge in [0.25, 0.3) is 0 Å². The van der Waals surface area contributed by atoms with Crippen molar-refractivity contribution in [1.82, 2.24) is 9.80 Å². The van der Waals surface area contributed by atoms with E-state index in [0.717, 1.165) is 26.2 Å². The molecule has 0 aliphatic carbocycles. The Labute approximate surface area is 103 Å². The first-order valence-electron chi connectivity index (χ1n) is 5.79. The van der Waals surface area contributed by atoms with Gasteiger partial charge in [-0.25, -0.2) is 0 Å². The van der Waals surface area contributed by atoms with Gasteiger partial charge in [0.15, 0.2) is 0 Å². The number of hydrogen-bond donors (Lipinski definition) is 1. The molecule has 1 aliphatic rings. The second kappa shape index (κ2) is 5.59. The summed E-state index contributed by atoms with van der Waals surface area (Å²) in [5.41, 5.74) is 5.51. The monoisotopic (exact) mass is 243 g/mol. The van der Waals surface area contributed by atoms with Gasteiger partial charge in [-0.15, -0.1) is 0 Å². The maximum Gasteiger partial charge on any atom is 0.232 e. The SMILES string of the molecule is CCN1CCN(C(=O)C(C)C(N)=S)CC1C. The largest absolute Gasteiger partial charge is 0.393 e. The van der Waals surface area contributed by atoms with Gasteiger partial charge >= 0.3 is 0 Å². The molecule has 1 fully saturated rings. The summed E-state index contributed by atoms with van der Waals surface area (Å²) in [6.45, 7) is 9.60. The van der Waals surface area contributed by atoms with Gasteiger partial charge in [-0.2, -0.15) is 0 Å². The summed E-state index contributed by atoms with van der Waals surface area (Å²) in [7, 11) is 0. The second-order valence-corrected chi connectivity index (χ2v) is 4.86. The second-order valence-electron chi connectivity index (χ2n) is 4.39. The van der Waals surface area contributed by atoms with Crippen LogP contribution in [0.5, 0.6) is 0 Å². The quantitative estimate of drug-likeness (QED) is 0.732. The fourth-order valence-electron chi connectivity index (χ4n) is 2.06. The third kappa shape index (κ3) is 2.92. The first-order chi connectivity index (χ1) is 7.47. The van der Waals surface area contributed by atoms with Crippen LogP contribution in [0.2, 0.25) is 0 Å². The lowest BCUT2D eigenvalue weighted by molar-refractivity contribution is -0.135. The van der Waals surface area contributed by atoms with Gasteiger partial charge in [0, 0.05) is 25.7 Å². The predicted octanol–water partition coefficient (Wildman–Crippen LogP) is 0.461. The first kappa shape index (κ1) is 13.4. The molecule has 4 nitrogen and oxygen atoms in total. The van der Waals surface area contributed by atoms with Gasteiger partial charge < -0.3 is 10.6 Å². The zero-order valence-electron chi connectivity index (χ0n) is 10.3. The summed E-state index contributed by atoms with van der Waals surface area (Å²) in [6.07, 6.45) is 0. The average Bonchev–Trinajstić information content (AvgIpc) is 2.26. The molecule has 1 aliphatic heterocycles. The zero-order chi connectivity index (χ0) is 12.3. The molecule has 2 unspecified atom stereocenters. The summed E-state index contributed by atoms with van der Waals surface area (Å²) in [4.78, 5) is 16.6. The Morgan fingerprint density at radius 3 is 2.62 bits per heavy atom. The molecule has 2 N–H and O–H groups in total. The summed E-state index contributed by atoms with van der Waals surface area (Å²) in [5.74, 6) is -0.273. The molecule has 1 rings (SSSR count). The van der Waals surface area contributed by atoms with E-state index in [1.807, 2.05) is 4.90 Å². The number of thiocarbonyl (C=S) groups is 1. The maximum absolute atomic E-state index is 12.0. The molecule has 0 bridgehead atoms. The minimum atomic E-state index is -0.338. The highest BCUT2D eigenvalue weighted by Gasteiger charge is 2.28. The number of nitrogens with zero attached hydrogens (tertiary/aromatic N) is 2. The van der Waals surface area contributed by atoms with Crippen LogP contribution in [-0.4, -0.2) is 52.9 Å². The van der Waals surface area contributed by atoms with E-state index in [2.05, 4.69) is 18.7 Å². The Balaban J connectivity index is 2.57. The predicted molar refractivity (Wildman–Crippen MR) is 69.2 cm³/mol. The average molecular weight is 243 g/mol. The van der Waals surface area contributed by atoms with Crippen LogP contribution in [0.15, 0.2) is 0 Å². The van der Waals surface area contributed by atoms with Gasteiger partial charge in [0.1, 0.15) is 0 Å². The molecule has 0 aromatic carbocycles. The summed E-state index contributed by atoms with van der Waals surface area (Å²) < 4.78 is 0. The molecule has 92 valence electrons. The molecule has 5 heteroatoms. The Morgan fingerprint density at radius 1 is 1.56 bits per heavy atom. The van der Waals surface area contributed by atoms with Crippen molar-refractivity contribution in [3.05, 3.63) is 0 Å². The van der Waals surface area contributed by atoms with Gasteiger partial charge in [-0.3, -0.25) is 9.69 Å². The van der Waals surface area contributed by atoms with Gasteiger partial charge in [0.05, 0.1) is 10.9 Å². The van der Waals surface area contributed by atoms with E-state index in [1.165, 1.54) is 0 Å². The smallest absolute Gasteiger partial charge is 0.232 e. The number of rotatable bonds is 3. The fourth-order valence-corrected chi connectivity index (χ4v) is 2.16. The summed E-state index contributed by atoms with van der Waals surface area (Å²) in [5, 5.41) is 0. The standard InChI is InChI=1S/C11H21N3OS/c1-4-13-5-6-14(7-8(13)2)11(15)9(3)10(12)16/h8-9H,4-7H2,1-3H3,(H2,12,16). The minimum absolute atomic E-state index is 0.0649. The normalized spacial score (nSPS) is 24.2. The number of likely N-dealkylation sites (N-methyl/N-ethyl adjacent to an activating group) is 1. The van der Waals surface area contributed by atoms with Crippen LogP contribution in [0.3, 0.4) is 0 Å². The molecule has 0 aromatic rings. The molecule has 1 heterocycles. The molecule has 0 aromatic heterocycles. The van der Waals surface area contributed by atoms with Crippen molar-refractivity contribution < 1.29 is 4.79 Å². The van der Waals surface area contributed by atoms with Crippen molar-refractivity contribution in [3.63, 3.8) is 0 Å². The van der Waals surface area contributed by atoms with E-state index < -0.39 is 0 Å². The van der Waals surface area contributed by atoms with Crippen LogP contribution in [0, 0.1) is 5.92 Å². The molecule has 1 amide bonds. The van der Waals surface area contributed by atoms with Crippen molar-refractivity contribution in [3.8, 4) is 0 Å². The number of carbonyl (C=O) groups is 1. The Hall–Kier alpha value is -0.680. The topological polar surface area (TPSA) is 49.6 Å². The molecule has 0 spiro atoms. The number of carbonyl (C=O) groups excluding carboxylic acids is 1. The summed E-state index contributed by atoms with van der Waals surface area (Å²) in [6, 6.07) is 0.418. The minimum Gasteiger partial charge on any atom is -0.393 e. The molecular formula is C11H21N3OS. The Kier molecular flexibility index (Phi) is 4.68. The van der Waals surface area contributed by atoms with Crippen molar-refractivity contribution in [1.29, 1.82) is 0 Å². The fraction of sp³-hybridized carbons (Fsp3) is 0.818. The number of hydrogen-bond acceptors (Lipinski definition) is 3. The van der Waals surface area contributed by atoms with Gasteiger partial charge in [-0.05, 0) is 20.4 Å². The first-order valence-corrected chi connectivity index (χ1v) is 6.20. The van der Waals surface area contributed by atoms with Gasteiger partial charge in [0.2, 0.25) is 5.91 Å². The molecule has 2 atom stereocenters. The van der Waals surface area contributed by atoms with Crippen LogP contribution in [0.1, 0.15) is 20.8 Å². The summed E-state index contributed by atoms with van der Waals surface area (Å²) >= 11 is 4.86. The van der Waals surface area contributed by atoms with E-state index in [9.17, 15) is 4.79 Å². The highest BCUT2D eigenvalue weighted by atomic mass is 32.1. The lowest BCUT2D eigenvalue weighted by atomic mass is 10.1. The third-order valence-electron chi connectivity index (χ3n) is 3.28. The highest BCUT2D eigenvalue weighted by molar-refractivity contribution is 7.80. The van der Waals surface area contributed by atoms with Crippen LogP contribution in [0.4, 0.5) is 0 Å². The lowest BCUT2D eigenvalue weighted by Gasteiger charge is -2.40. The van der Waals surface area contributed by atoms with E-state index >= 15 is 0 Å². The number of piperazine rings is 1. The Morgan fingerprint density at radius 2 is 2.19 bits per heavy atom. The Bertz CT molecular complexity index is 282. The van der Waals surface area contributed by atoms with Crippen LogP contribution < -0.4 is 5.73 Å². The van der Waals surface area contributed by atoms with E-state index in [-0.39, 0.29) is 16.8 Å². The zero-order valence-corrected chi connectivity index (χ0v) is 11.1. The maximum atomic E-state index is 12.0. The van der Waals surface area contributed by atoms with Crippen LogP contribution in [0.25, 0.3) is 0 Å². The molecular weight excluding hydrogens is 222 g/mol. The van der Waals surface area contributed by atoms with Crippen LogP contribution >= 0.6 is 12.2 Å². The molecule has 16 heavy (non-hydrogen) atoms. The lowest BCUT2D eigenvalue weighted by Crippen LogP contribution is -2.55. The van der Waals surface area contributed by atoms with Crippen LogP contribution in [-0.2, 0) is 4.79 Å². The molecule has 0 saturated carbocycles. The number of nitrogens with two attached hydrogens (primary N) is 1. The number of amides is 1.